The van der Waals surface area contributed by atoms with Crippen LogP contribution in [0.3, 0.4) is 0 Å². The van der Waals surface area contributed by atoms with Gasteiger partial charge in [-0.2, -0.15) is 0 Å². The number of Topliss-reactive ketones (excluding diaryl/α,β-unsaturated/α-hetero) is 2. The van der Waals surface area contributed by atoms with Crippen molar-refractivity contribution in [3.63, 3.8) is 0 Å². The van der Waals surface area contributed by atoms with Crippen LogP contribution in [0.15, 0.2) is 65.7 Å². The van der Waals surface area contributed by atoms with Gasteiger partial charge in [-0.25, -0.2) is 4.98 Å². The highest BCUT2D eigenvalue weighted by Crippen LogP contribution is 2.24. The molecule has 0 saturated heterocycles. The monoisotopic (exact) mass is 416 g/mol. The van der Waals surface area contributed by atoms with E-state index in [9.17, 15) is 9.59 Å². The first-order valence-corrected chi connectivity index (χ1v) is 10.2. The maximum absolute atomic E-state index is 12.1. The van der Waals surface area contributed by atoms with Crippen molar-refractivity contribution in [2.45, 2.75) is 41.5 Å². The van der Waals surface area contributed by atoms with Crippen molar-refractivity contribution in [3.8, 4) is 0 Å². The van der Waals surface area contributed by atoms with Crippen molar-refractivity contribution < 1.29 is 14.0 Å². The van der Waals surface area contributed by atoms with E-state index in [-0.39, 0.29) is 22.4 Å². The summed E-state index contributed by atoms with van der Waals surface area (Å²) in [5.41, 5.74) is 2.18. The number of pyridine rings is 1. The van der Waals surface area contributed by atoms with Crippen LogP contribution >= 0.6 is 0 Å². The number of ketones is 2. The Morgan fingerprint density at radius 1 is 0.774 bits per heavy atom. The molecular formula is C26H28N2O3. The lowest BCUT2D eigenvalue weighted by Gasteiger charge is -2.16. The van der Waals surface area contributed by atoms with E-state index in [0.29, 0.717) is 11.1 Å². The molecule has 0 fully saturated rings. The lowest BCUT2D eigenvalue weighted by molar-refractivity contribution is 0.0852. The number of oxazole rings is 1. The molecule has 0 radical (unpaired) electrons. The first-order chi connectivity index (χ1) is 14.5. The Kier molecular flexibility index (Phi) is 6.07. The van der Waals surface area contributed by atoms with Gasteiger partial charge in [-0.1, -0.05) is 53.7 Å². The van der Waals surface area contributed by atoms with Crippen molar-refractivity contribution in [1.82, 2.24) is 9.97 Å². The van der Waals surface area contributed by atoms with Crippen LogP contribution in [0, 0.1) is 10.8 Å². The molecule has 0 bridgehead atoms. The quantitative estimate of drug-likeness (QED) is 0.348. The van der Waals surface area contributed by atoms with E-state index in [2.05, 4.69) is 9.97 Å². The summed E-state index contributed by atoms with van der Waals surface area (Å²) in [5, 5.41) is 2.12. The Morgan fingerprint density at radius 2 is 1.39 bits per heavy atom. The summed E-state index contributed by atoms with van der Waals surface area (Å²) < 4.78 is 5.16. The van der Waals surface area contributed by atoms with Gasteiger partial charge < -0.3 is 4.42 Å². The van der Waals surface area contributed by atoms with Gasteiger partial charge in [-0.15, -0.1) is 0 Å². The van der Waals surface area contributed by atoms with Crippen molar-refractivity contribution in [2.75, 3.05) is 0 Å². The third-order valence-electron chi connectivity index (χ3n) is 4.86. The molecular weight excluding hydrogens is 388 g/mol. The molecule has 0 atom stereocenters. The highest BCUT2D eigenvalue weighted by molar-refractivity contribution is 6.03. The molecule has 0 unspecified atom stereocenters. The van der Waals surface area contributed by atoms with Crippen LogP contribution < -0.4 is 0 Å². The van der Waals surface area contributed by atoms with Gasteiger partial charge in [0.1, 0.15) is 5.52 Å². The fourth-order valence-electron chi connectivity index (χ4n) is 3.09. The Balaban J connectivity index is 0.000000176. The number of carbonyl (C=O) groups excluding carboxylic acids is 2. The Hall–Kier alpha value is -3.34. The van der Waals surface area contributed by atoms with Gasteiger partial charge >= 0.3 is 0 Å². The number of hydrogen-bond donors (Lipinski definition) is 0. The third-order valence-corrected chi connectivity index (χ3v) is 4.86. The van der Waals surface area contributed by atoms with E-state index in [0.717, 1.165) is 21.9 Å². The van der Waals surface area contributed by atoms with E-state index in [4.69, 9.17) is 4.42 Å². The minimum Gasteiger partial charge on any atom is -0.443 e. The molecule has 0 aliphatic rings. The molecule has 2 aromatic carbocycles. The van der Waals surface area contributed by atoms with Crippen LogP contribution in [0.25, 0.3) is 21.9 Å². The minimum absolute atomic E-state index is 0.112. The molecule has 0 spiro atoms. The van der Waals surface area contributed by atoms with Gasteiger partial charge in [-0.3, -0.25) is 14.6 Å². The summed E-state index contributed by atoms with van der Waals surface area (Å²) in [7, 11) is 0. The van der Waals surface area contributed by atoms with Crippen LogP contribution in [0.2, 0.25) is 0 Å². The molecule has 4 rings (SSSR count). The number of hydrogen-bond acceptors (Lipinski definition) is 5. The Labute approximate surface area is 182 Å². The molecule has 0 amide bonds. The van der Waals surface area contributed by atoms with Crippen molar-refractivity contribution >= 4 is 33.4 Å². The Bertz CT molecular complexity index is 1240. The zero-order chi connectivity index (χ0) is 22.8. The van der Waals surface area contributed by atoms with Gasteiger partial charge in [0.15, 0.2) is 23.5 Å². The summed E-state index contributed by atoms with van der Waals surface area (Å²) in [6.07, 6.45) is 4.93. The number of rotatable bonds is 2. The van der Waals surface area contributed by atoms with Crippen molar-refractivity contribution in [2.24, 2.45) is 10.8 Å². The minimum atomic E-state index is -0.367. The van der Waals surface area contributed by atoms with Crippen molar-refractivity contribution in [1.29, 1.82) is 0 Å². The van der Waals surface area contributed by atoms with E-state index < -0.39 is 0 Å². The van der Waals surface area contributed by atoms with Gasteiger partial charge in [0.05, 0.1) is 0 Å². The highest BCUT2D eigenvalue weighted by Gasteiger charge is 2.23. The number of fused-ring (bicyclic) bond motifs is 2. The zero-order valence-electron chi connectivity index (χ0n) is 18.9. The summed E-state index contributed by atoms with van der Waals surface area (Å²) in [6, 6.07) is 13.0. The van der Waals surface area contributed by atoms with E-state index in [1.807, 2.05) is 65.8 Å². The molecule has 2 aromatic heterocycles. The SMILES string of the molecule is CC(C)(C)C(=O)c1ccc2cnccc2c1.CC(C)(C)C(=O)c1ccc2ncoc2c1. The van der Waals surface area contributed by atoms with Gasteiger partial charge in [0.25, 0.3) is 0 Å². The predicted octanol–water partition coefficient (Wildman–Crippen LogP) is 6.52. The Morgan fingerprint density at radius 3 is 2.03 bits per heavy atom. The van der Waals surface area contributed by atoms with Crippen LogP contribution in [-0.2, 0) is 0 Å². The van der Waals surface area contributed by atoms with E-state index in [1.54, 1.807) is 30.6 Å². The van der Waals surface area contributed by atoms with Crippen LogP contribution in [0.4, 0.5) is 0 Å². The average molecular weight is 417 g/mol. The molecule has 0 aliphatic carbocycles. The number of nitrogens with zero attached hydrogens (tertiary/aromatic N) is 2. The standard InChI is InChI=1S/C14H15NO.C12H13NO2/c1-14(2,3)13(16)11-4-5-12-9-15-7-6-10(12)8-11;1-12(2,3)11(14)8-4-5-9-10(6-8)15-7-13-9/h4-9H,1-3H3;4-7H,1-3H3. The summed E-state index contributed by atoms with van der Waals surface area (Å²) in [6.45, 7) is 11.5. The number of carbonyl (C=O) groups is 2. The topological polar surface area (TPSA) is 73.1 Å². The maximum Gasteiger partial charge on any atom is 0.181 e. The largest absolute Gasteiger partial charge is 0.443 e. The smallest absolute Gasteiger partial charge is 0.181 e. The predicted molar refractivity (Wildman–Crippen MR) is 123 cm³/mol. The van der Waals surface area contributed by atoms with E-state index >= 15 is 0 Å². The first-order valence-electron chi connectivity index (χ1n) is 10.2. The molecule has 5 nitrogen and oxygen atoms in total. The van der Waals surface area contributed by atoms with Crippen LogP contribution in [-0.4, -0.2) is 21.5 Å². The van der Waals surface area contributed by atoms with Crippen LogP contribution in [0.5, 0.6) is 0 Å². The first kappa shape index (κ1) is 22.3. The molecule has 4 aromatic rings. The maximum atomic E-state index is 12.1. The lowest BCUT2D eigenvalue weighted by atomic mass is 9.86. The zero-order valence-corrected chi connectivity index (χ0v) is 18.9. The molecule has 0 aliphatic heterocycles. The second kappa shape index (κ2) is 8.42. The molecule has 0 N–H and O–H groups in total. The van der Waals surface area contributed by atoms with E-state index in [1.165, 1.54) is 6.39 Å². The van der Waals surface area contributed by atoms with Crippen molar-refractivity contribution in [3.05, 3.63) is 72.4 Å². The fourth-order valence-corrected chi connectivity index (χ4v) is 3.09. The normalized spacial score (nSPS) is 11.8. The lowest BCUT2D eigenvalue weighted by Crippen LogP contribution is -2.19. The summed E-state index contributed by atoms with van der Waals surface area (Å²) in [5.74, 6) is 0.284. The third kappa shape index (κ3) is 5.23. The second-order valence-electron chi connectivity index (χ2n) is 9.63. The molecule has 2 heterocycles. The second-order valence-corrected chi connectivity index (χ2v) is 9.63. The van der Waals surface area contributed by atoms with Crippen LogP contribution in [0.1, 0.15) is 62.3 Å². The van der Waals surface area contributed by atoms with Gasteiger partial charge in [-0.05, 0) is 35.7 Å². The number of aromatic nitrogens is 2. The molecule has 31 heavy (non-hydrogen) atoms. The summed E-state index contributed by atoms with van der Waals surface area (Å²) in [4.78, 5) is 32.1. The average Bonchev–Trinajstić information content (AvgIpc) is 3.19. The molecule has 0 saturated carbocycles. The highest BCUT2D eigenvalue weighted by atomic mass is 16.3. The molecule has 160 valence electrons. The summed E-state index contributed by atoms with van der Waals surface area (Å²) >= 11 is 0. The van der Waals surface area contributed by atoms with Gasteiger partial charge in [0, 0.05) is 39.7 Å². The number of benzene rings is 2. The molecule has 5 heteroatoms. The van der Waals surface area contributed by atoms with Gasteiger partial charge in [0.2, 0.25) is 0 Å². The fraction of sp³-hybridized carbons (Fsp3) is 0.308.